The van der Waals surface area contributed by atoms with Crippen LogP contribution in [-0.2, 0) is 32.1 Å². The molecule has 5 rings (SSSR count). The molecule has 3 amide bonds. The molecule has 0 spiro atoms. The van der Waals surface area contributed by atoms with Crippen molar-refractivity contribution in [3.63, 3.8) is 0 Å². The lowest BCUT2D eigenvalue weighted by atomic mass is 9.58. The van der Waals surface area contributed by atoms with Crippen molar-refractivity contribution in [1.29, 1.82) is 0 Å². The summed E-state index contributed by atoms with van der Waals surface area (Å²) in [7, 11) is 6.43. The van der Waals surface area contributed by atoms with Gasteiger partial charge in [-0.15, -0.1) is 0 Å². The van der Waals surface area contributed by atoms with Crippen LogP contribution in [0.1, 0.15) is 53.6 Å². The Labute approximate surface area is 308 Å². The molecule has 0 bridgehead atoms. The Balaban J connectivity index is 1.50. The topological polar surface area (TPSA) is 279 Å². The Morgan fingerprint density at radius 3 is 2.35 bits per heavy atom. The maximum absolute atomic E-state index is 14.4. The number of fused-ring (bicyclic) bond motifs is 3. The van der Waals surface area contributed by atoms with Crippen molar-refractivity contribution in [3.05, 3.63) is 62.0 Å². The number of aryl methyl sites for hydroxylation is 1. The fourth-order valence-electron chi connectivity index (χ4n) is 7.52. The zero-order valence-corrected chi connectivity index (χ0v) is 30.6. The van der Waals surface area contributed by atoms with E-state index in [0.29, 0.717) is 24.1 Å². The van der Waals surface area contributed by atoms with Crippen LogP contribution >= 0.6 is 0 Å². The molecule has 1 unspecified atom stereocenters. The molecule has 2 aromatic rings. The number of hydrogen-bond donors (Lipinski definition) is 7. The molecule has 0 saturated carbocycles. The number of Topliss-reactive ketones (excluding diaryl/α,β-unsaturated/α-hetero) is 2. The first-order chi connectivity index (χ1) is 25.4. The number of aromatic hydroxyl groups is 1. The SMILES string of the molecule is CCCCN(CC(=O)Nc1cc(N(C)C)c2c(c1O)C(=O)C1=C(O)[C@]3(O)C(=O)C(C(=O)NN)=C(O)[C@@H](N(C)C)[C@@H]3CC1C2)C(=O)OCc1oc(=O)oc1C. The van der Waals surface area contributed by atoms with Crippen LogP contribution in [0.2, 0.25) is 0 Å². The number of benzene rings is 1. The molecule has 292 valence electrons. The number of nitrogens with two attached hydrogens (primary N) is 1. The number of phenols is 1. The molecule has 1 aromatic heterocycles. The Morgan fingerprint density at radius 1 is 1.09 bits per heavy atom. The summed E-state index contributed by atoms with van der Waals surface area (Å²) in [6.45, 7) is 2.48. The minimum absolute atomic E-state index is 0.00131. The number of anilines is 2. The van der Waals surface area contributed by atoms with Crippen molar-refractivity contribution in [3.8, 4) is 5.75 Å². The molecule has 1 aromatic carbocycles. The van der Waals surface area contributed by atoms with Gasteiger partial charge in [0.2, 0.25) is 11.7 Å². The first-order valence-corrected chi connectivity index (χ1v) is 17.1. The molecule has 0 saturated heterocycles. The third kappa shape index (κ3) is 6.69. The fourth-order valence-corrected chi connectivity index (χ4v) is 7.52. The van der Waals surface area contributed by atoms with E-state index in [0.717, 1.165) is 4.90 Å². The Hall–Kier alpha value is -5.66. The number of carbonyl (C=O) groups is 5. The Kier molecular flexibility index (Phi) is 11.0. The summed E-state index contributed by atoms with van der Waals surface area (Å²) in [5.74, 6) is -4.23. The molecule has 3 aliphatic carbocycles. The van der Waals surface area contributed by atoms with Crippen molar-refractivity contribution in [2.24, 2.45) is 17.7 Å². The second-order valence-electron chi connectivity index (χ2n) is 13.9. The van der Waals surface area contributed by atoms with E-state index < -0.39 is 94.8 Å². The van der Waals surface area contributed by atoms with Crippen molar-refractivity contribution in [1.82, 2.24) is 15.2 Å². The summed E-state index contributed by atoms with van der Waals surface area (Å²) < 4.78 is 14.9. The monoisotopic (exact) mass is 756 g/mol. The van der Waals surface area contributed by atoms with Crippen LogP contribution < -0.4 is 27.3 Å². The molecule has 0 fully saturated rings. The lowest BCUT2D eigenvalue weighted by Gasteiger charge is -2.50. The summed E-state index contributed by atoms with van der Waals surface area (Å²) in [6, 6.07) is 0.300. The van der Waals surface area contributed by atoms with Gasteiger partial charge in [0.15, 0.2) is 35.3 Å². The molecule has 1 heterocycles. The van der Waals surface area contributed by atoms with Gasteiger partial charge >= 0.3 is 11.9 Å². The normalized spacial score (nSPS) is 22.1. The predicted octanol–water partition coefficient (Wildman–Crippen LogP) is 0.923. The van der Waals surface area contributed by atoms with E-state index in [-0.39, 0.29) is 47.7 Å². The molecule has 3 aliphatic rings. The lowest BCUT2D eigenvalue weighted by Crippen LogP contribution is -2.64. The zero-order chi connectivity index (χ0) is 40.0. The molecule has 54 heavy (non-hydrogen) atoms. The highest BCUT2D eigenvalue weighted by Crippen LogP contribution is 2.54. The van der Waals surface area contributed by atoms with Crippen molar-refractivity contribution < 1.29 is 58.0 Å². The van der Waals surface area contributed by atoms with Gasteiger partial charge in [0, 0.05) is 37.8 Å². The van der Waals surface area contributed by atoms with Crippen molar-refractivity contribution in [2.45, 2.75) is 57.8 Å². The van der Waals surface area contributed by atoms with Crippen LogP contribution in [-0.4, -0.2) is 113 Å². The largest absolute Gasteiger partial charge is 0.519 e. The second-order valence-corrected chi connectivity index (χ2v) is 13.9. The maximum atomic E-state index is 14.4. The quantitative estimate of drug-likeness (QED) is 0.0552. The number of phenolic OH excluding ortho intramolecular Hbond substituents is 1. The van der Waals surface area contributed by atoms with Crippen LogP contribution in [0.25, 0.3) is 0 Å². The lowest BCUT2D eigenvalue weighted by molar-refractivity contribution is -0.148. The Bertz CT molecular complexity index is 2030. The van der Waals surface area contributed by atoms with Gasteiger partial charge in [-0.25, -0.2) is 15.4 Å². The van der Waals surface area contributed by atoms with E-state index in [1.54, 1.807) is 38.5 Å². The zero-order valence-electron chi connectivity index (χ0n) is 30.6. The number of amides is 3. The van der Waals surface area contributed by atoms with E-state index in [2.05, 4.69) is 5.32 Å². The average molecular weight is 757 g/mol. The number of hydrogen-bond acceptors (Lipinski definition) is 16. The third-order valence-corrected chi connectivity index (χ3v) is 10.1. The number of nitrogens with one attached hydrogen (secondary N) is 2. The van der Waals surface area contributed by atoms with Crippen molar-refractivity contribution >= 4 is 40.8 Å². The number of ether oxygens (including phenoxy) is 1. The summed E-state index contributed by atoms with van der Waals surface area (Å²) in [4.78, 5) is 82.7. The molecule has 19 heteroatoms. The van der Waals surface area contributed by atoms with Crippen molar-refractivity contribution in [2.75, 3.05) is 51.5 Å². The van der Waals surface area contributed by atoms with Crippen LogP contribution in [0, 0.1) is 18.8 Å². The van der Waals surface area contributed by atoms with Crippen LogP contribution in [0.3, 0.4) is 0 Å². The molecule has 4 atom stereocenters. The standard InChI is InChI=1S/C35H44N6O13/c1-7-8-9-41(33(49)52-14-21-15(2)53-34(50)54-21)13-22(42)37-19-12-20(39(3)4)17-10-16-11-18-26(40(5)6)29(45)25(32(48)38-36)31(47)35(18,51)30(46)23(16)28(44)24(17)27(19)43/h12,16,18,26,43,45-46,51H,7-11,13-14,36H2,1-6H3,(H,37,42)(H,38,48)/t16?,18-,26-,35-/m0/s1. The molecule has 0 aliphatic heterocycles. The van der Waals surface area contributed by atoms with E-state index in [1.807, 2.05) is 6.92 Å². The number of rotatable bonds is 11. The number of aliphatic hydroxyl groups excluding tert-OH is 2. The van der Waals surface area contributed by atoms with Gasteiger partial charge in [0.05, 0.1) is 17.3 Å². The summed E-state index contributed by atoms with van der Waals surface area (Å²) in [5.41, 5.74) is -2.07. The van der Waals surface area contributed by atoms with E-state index >= 15 is 0 Å². The van der Waals surface area contributed by atoms with Gasteiger partial charge in [-0.05, 0) is 57.8 Å². The summed E-state index contributed by atoms with van der Waals surface area (Å²) in [6.07, 6.45) is 0.209. The second kappa shape index (κ2) is 15.0. The molecule has 0 radical (unpaired) electrons. The number of aliphatic hydroxyl groups is 3. The fraction of sp³-hybridized carbons (Fsp3) is 0.486. The van der Waals surface area contributed by atoms with Gasteiger partial charge < -0.3 is 44.2 Å². The minimum atomic E-state index is -2.83. The third-order valence-electron chi connectivity index (χ3n) is 10.1. The number of ketones is 2. The number of hydrazine groups is 1. The number of unbranched alkanes of at least 4 members (excludes halogenated alkanes) is 1. The van der Waals surface area contributed by atoms with Gasteiger partial charge in [-0.1, -0.05) is 13.3 Å². The molecular weight excluding hydrogens is 712 g/mol. The molecule has 19 nitrogen and oxygen atoms in total. The number of nitrogens with zero attached hydrogens (tertiary/aromatic N) is 3. The minimum Gasteiger partial charge on any atom is -0.510 e. The highest BCUT2D eigenvalue weighted by molar-refractivity contribution is 6.25. The van der Waals surface area contributed by atoms with Gasteiger partial charge in [0.25, 0.3) is 5.91 Å². The van der Waals surface area contributed by atoms with Gasteiger partial charge in [0.1, 0.15) is 23.6 Å². The van der Waals surface area contributed by atoms with E-state index in [9.17, 15) is 49.2 Å². The highest BCUT2D eigenvalue weighted by Gasteiger charge is 2.63. The summed E-state index contributed by atoms with van der Waals surface area (Å²) in [5, 5.41) is 48.9. The summed E-state index contributed by atoms with van der Waals surface area (Å²) >= 11 is 0. The van der Waals surface area contributed by atoms with Gasteiger partial charge in [-0.3, -0.25) is 34.4 Å². The first kappa shape index (κ1) is 39.5. The van der Waals surface area contributed by atoms with Crippen LogP contribution in [0.5, 0.6) is 5.75 Å². The average Bonchev–Trinajstić information content (AvgIpc) is 3.43. The van der Waals surface area contributed by atoms with E-state index in [1.165, 1.54) is 17.9 Å². The molecular formula is C35H44N6O13. The van der Waals surface area contributed by atoms with Crippen LogP contribution in [0.4, 0.5) is 16.2 Å². The Morgan fingerprint density at radius 2 is 1.78 bits per heavy atom. The number of likely N-dealkylation sites (N-methyl/N-ethyl adjacent to an activating group) is 1. The van der Waals surface area contributed by atoms with Crippen LogP contribution in [0.15, 0.2) is 42.4 Å². The van der Waals surface area contributed by atoms with Gasteiger partial charge in [-0.2, -0.15) is 0 Å². The first-order valence-electron chi connectivity index (χ1n) is 17.1. The highest BCUT2D eigenvalue weighted by atomic mass is 16.6. The predicted molar refractivity (Wildman–Crippen MR) is 188 cm³/mol. The smallest absolute Gasteiger partial charge is 0.510 e. The maximum Gasteiger partial charge on any atom is 0.519 e. The number of carbonyl (C=O) groups excluding carboxylic acids is 5. The molecule has 8 N–H and O–H groups in total. The van der Waals surface area contributed by atoms with E-state index in [4.69, 9.17) is 19.4 Å². The number of allylic oxidation sites excluding steroid dienone is 1.